The number of sulfonamides is 2. The van der Waals surface area contributed by atoms with Crippen LogP contribution in [0.25, 0.3) is 0 Å². The fourth-order valence-electron chi connectivity index (χ4n) is 4.05. The summed E-state index contributed by atoms with van der Waals surface area (Å²) in [6.45, 7) is 0.582. The maximum atomic E-state index is 13.1. The second-order valence-electron chi connectivity index (χ2n) is 8.78. The Morgan fingerprint density at radius 3 is 2.00 bits per heavy atom. The van der Waals surface area contributed by atoms with Gasteiger partial charge in [-0.15, -0.1) is 0 Å². The fourth-order valence-corrected chi connectivity index (χ4v) is 6.54. The van der Waals surface area contributed by atoms with Crippen LogP contribution in [0, 0.1) is 0 Å². The van der Waals surface area contributed by atoms with E-state index in [0.717, 1.165) is 17.2 Å². The molecule has 9 nitrogen and oxygen atoms in total. The van der Waals surface area contributed by atoms with Crippen LogP contribution >= 0.6 is 11.6 Å². The zero-order valence-electron chi connectivity index (χ0n) is 20.4. The van der Waals surface area contributed by atoms with Crippen molar-refractivity contribution < 1.29 is 26.3 Å². The Bertz CT molecular complexity index is 1720. The number of primary sulfonamides is 1. The lowest BCUT2D eigenvalue weighted by Crippen LogP contribution is -2.38. The molecule has 0 unspecified atom stereocenters. The quantitative estimate of drug-likeness (QED) is 0.276. The highest BCUT2D eigenvalue weighted by Gasteiger charge is 2.33. The van der Waals surface area contributed by atoms with E-state index in [0.29, 0.717) is 23.7 Å². The Morgan fingerprint density at radius 2 is 1.41 bits per heavy atom. The van der Waals surface area contributed by atoms with E-state index in [2.05, 4.69) is 10.0 Å². The van der Waals surface area contributed by atoms with Gasteiger partial charge in [-0.1, -0.05) is 78.3 Å². The van der Waals surface area contributed by atoms with E-state index < -0.39 is 31.1 Å². The molecule has 202 valence electrons. The van der Waals surface area contributed by atoms with Crippen LogP contribution in [0.4, 0.5) is 5.69 Å². The lowest BCUT2D eigenvalue weighted by Gasteiger charge is -2.29. The average Bonchev–Trinajstić information content (AvgIpc) is 2.90. The molecular weight excluding hydrogens is 562 g/mol. The summed E-state index contributed by atoms with van der Waals surface area (Å²) in [4.78, 5) is -0.763. The topological polar surface area (TPSA) is 137 Å². The molecule has 0 saturated carbocycles. The van der Waals surface area contributed by atoms with Gasteiger partial charge in [-0.25, -0.2) is 22.0 Å². The number of halogens is 1. The summed E-state index contributed by atoms with van der Waals surface area (Å²) in [5, 5.41) is 8.05. The van der Waals surface area contributed by atoms with Gasteiger partial charge in [-0.3, -0.25) is 0 Å². The van der Waals surface area contributed by atoms with Crippen molar-refractivity contribution in [1.82, 2.24) is 4.72 Å². The summed E-state index contributed by atoms with van der Waals surface area (Å²) in [5.74, 6) is 0.903. The van der Waals surface area contributed by atoms with Gasteiger partial charge in [0, 0.05) is 0 Å². The summed E-state index contributed by atoms with van der Waals surface area (Å²) in [6.07, 6.45) is -0.902. The Hall–Kier alpha value is -3.61. The van der Waals surface area contributed by atoms with Gasteiger partial charge in [0.15, 0.2) is 11.5 Å². The van der Waals surface area contributed by atoms with Crippen molar-refractivity contribution >= 4 is 37.3 Å². The fraction of sp³-hybridized carbons (Fsp3) is 0.111. The summed E-state index contributed by atoms with van der Waals surface area (Å²) >= 11 is 6.11. The molecule has 0 fully saturated rings. The summed E-state index contributed by atoms with van der Waals surface area (Å²) in [6, 6.07) is 26.5. The van der Waals surface area contributed by atoms with Crippen molar-refractivity contribution in [3.05, 3.63) is 113 Å². The van der Waals surface area contributed by atoms with Crippen LogP contribution in [-0.2, 0) is 33.3 Å². The van der Waals surface area contributed by atoms with Crippen molar-refractivity contribution in [2.45, 2.75) is 29.2 Å². The van der Waals surface area contributed by atoms with E-state index in [4.69, 9.17) is 26.2 Å². The van der Waals surface area contributed by atoms with Crippen molar-refractivity contribution in [2.24, 2.45) is 5.14 Å². The van der Waals surface area contributed by atoms with Crippen molar-refractivity contribution in [2.75, 3.05) is 5.32 Å². The second-order valence-corrected chi connectivity index (χ2v) is 12.4. The first-order valence-electron chi connectivity index (χ1n) is 11.7. The molecule has 1 atom stereocenters. The van der Waals surface area contributed by atoms with Gasteiger partial charge in [-0.05, 0) is 41.0 Å². The van der Waals surface area contributed by atoms with Gasteiger partial charge < -0.3 is 14.8 Å². The number of hydrogen-bond acceptors (Lipinski definition) is 7. The predicted octanol–water partition coefficient (Wildman–Crippen LogP) is 4.55. The highest BCUT2D eigenvalue weighted by Crippen LogP contribution is 2.38. The standard InChI is InChI=1S/C27H24ClN3O6S2/c28-21-14-22-26(15-25(21)38(29,32)33)39(34,35)31-27(30-22)20-11-12-23(36-16-18-7-3-1-4-8-18)24(13-20)37-17-19-9-5-2-6-10-19/h1-15,27,30-31H,16-17H2,(H2,29,32,33)/t27-/m0/s1. The largest absolute Gasteiger partial charge is 0.485 e. The molecule has 0 radical (unpaired) electrons. The number of rotatable bonds is 8. The molecule has 0 saturated heterocycles. The molecule has 12 heteroatoms. The van der Waals surface area contributed by atoms with Crippen molar-refractivity contribution in [3.8, 4) is 11.5 Å². The Balaban J connectivity index is 1.46. The maximum Gasteiger partial charge on any atom is 0.244 e. The maximum absolute atomic E-state index is 13.1. The Kier molecular flexibility index (Phi) is 7.52. The van der Waals surface area contributed by atoms with Gasteiger partial charge >= 0.3 is 0 Å². The highest BCUT2D eigenvalue weighted by atomic mass is 35.5. The van der Waals surface area contributed by atoms with Gasteiger partial charge in [0.2, 0.25) is 20.0 Å². The monoisotopic (exact) mass is 585 g/mol. The zero-order chi connectivity index (χ0) is 27.6. The van der Waals surface area contributed by atoms with Crippen LogP contribution < -0.4 is 24.7 Å². The van der Waals surface area contributed by atoms with Gasteiger partial charge in [0.05, 0.1) is 10.7 Å². The van der Waals surface area contributed by atoms with Gasteiger partial charge in [0.25, 0.3) is 0 Å². The molecule has 1 aliphatic heterocycles. The minimum Gasteiger partial charge on any atom is -0.485 e. The normalized spacial score (nSPS) is 16.1. The summed E-state index contributed by atoms with van der Waals surface area (Å²) in [7, 11) is -8.36. The van der Waals surface area contributed by atoms with Gasteiger partial charge in [-0.2, -0.15) is 4.72 Å². The van der Waals surface area contributed by atoms with Crippen LogP contribution in [-0.4, -0.2) is 16.8 Å². The minimum atomic E-state index is -4.23. The van der Waals surface area contributed by atoms with E-state index in [1.165, 1.54) is 6.07 Å². The third-order valence-electron chi connectivity index (χ3n) is 5.98. The highest BCUT2D eigenvalue weighted by molar-refractivity contribution is 7.90. The van der Waals surface area contributed by atoms with Crippen LogP contribution in [0.1, 0.15) is 22.9 Å². The van der Waals surface area contributed by atoms with E-state index in [9.17, 15) is 16.8 Å². The molecule has 4 aromatic carbocycles. The van der Waals surface area contributed by atoms with Crippen LogP contribution in [0.5, 0.6) is 11.5 Å². The smallest absolute Gasteiger partial charge is 0.244 e. The molecule has 0 aromatic heterocycles. The van der Waals surface area contributed by atoms with E-state index in [1.54, 1.807) is 18.2 Å². The molecule has 5 rings (SSSR count). The van der Waals surface area contributed by atoms with Crippen LogP contribution in [0.2, 0.25) is 5.02 Å². The Morgan fingerprint density at radius 1 is 0.821 bits per heavy atom. The first kappa shape index (κ1) is 27.0. The number of ether oxygens (including phenoxy) is 2. The van der Waals surface area contributed by atoms with Crippen molar-refractivity contribution in [3.63, 3.8) is 0 Å². The molecule has 0 bridgehead atoms. The number of fused-ring (bicyclic) bond motifs is 1. The lowest BCUT2D eigenvalue weighted by atomic mass is 10.1. The predicted molar refractivity (Wildman–Crippen MR) is 148 cm³/mol. The third-order valence-corrected chi connectivity index (χ3v) is 8.82. The molecule has 39 heavy (non-hydrogen) atoms. The Labute approximate surface area is 231 Å². The number of benzene rings is 4. The van der Waals surface area contributed by atoms with Crippen molar-refractivity contribution in [1.29, 1.82) is 0 Å². The number of anilines is 1. The van der Waals surface area contributed by atoms with Gasteiger partial charge in [0.1, 0.15) is 29.2 Å². The van der Waals surface area contributed by atoms with E-state index in [-0.39, 0.29) is 22.2 Å². The minimum absolute atomic E-state index is 0.132. The molecule has 0 spiro atoms. The molecule has 1 heterocycles. The molecule has 1 aliphatic rings. The number of hydrogen-bond donors (Lipinski definition) is 3. The molecule has 0 aliphatic carbocycles. The second kappa shape index (κ2) is 10.9. The average molecular weight is 586 g/mol. The third kappa shape index (κ3) is 6.18. The van der Waals surface area contributed by atoms with E-state index >= 15 is 0 Å². The first-order valence-corrected chi connectivity index (χ1v) is 15.1. The van der Waals surface area contributed by atoms with E-state index in [1.807, 2.05) is 60.7 Å². The molecule has 4 N–H and O–H groups in total. The van der Waals surface area contributed by atoms with Crippen LogP contribution in [0.3, 0.4) is 0 Å². The molecular formula is C27H24ClN3O6S2. The first-order chi connectivity index (χ1) is 18.6. The molecule has 4 aromatic rings. The number of nitrogens with one attached hydrogen (secondary N) is 2. The SMILES string of the molecule is NS(=O)(=O)c1cc2c(cc1Cl)N[C@H](c1ccc(OCc3ccccc3)c(OCc3ccccc3)c1)NS2(=O)=O. The summed E-state index contributed by atoms with van der Waals surface area (Å²) in [5.41, 5.74) is 2.59. The zero-order valence-corrected chi connectivity index (χ0v) is 22.8. The summed E-state index contributed by atoms with van der Waals surface area (Å²) < 4.78 is 64.5. The number of nitrogens with two attached hydrogens (primary N) is 1. The lowest BCUT2D eigenvalue weighted by molar-refractivity contribution is 0.255. The molecule has 0 amide bonds. The van der Waals surface area contributed by atoms with Crippen LogP contribution in [0.15, 0.2) is 101 Å².